The Morgan fingerprint density at radius 2 is 0.590 bits per heavy atom. The molecule has 0 bridgehead atoms. The van der Waals surface area contributed by atoms with Crippen molar-refractivity contribution in [1.82, 2.24) is 0 Å². The predicted octanol–water partition coefficient (Wildman–Crippen LogP) is 24.3. The van der Waals surface area contributed by atoms with E-state index >= 15 is 0 Å². The first-order chi connectivity index (χ1) is 40.8. The number of nitrogens with two attached hydrogens (primary N) is 1. The van der Waals surface area contributed by atoms with Crippen LogP contribution in [-0.2, 0) is 32.7 Å². The summed E-state index contributed by atoms with van der Waals surface area (Å²) in [6.45, 7) is 3.84. The van der Waals surface area contributed by atoms with Gasteiger partial charge in [0.1, 0.15) is 6.61 Å². The fraction of sp³-hybridized carbons (Fsp3) is 0.945. The van der Waals surface area contributed by atoms with Crippen LogP contribution in [0.3, 0.4) is 0 Å². The Balaban J connectivity index is 3.75. The molecular weight excluding hydrogens is 1050 g/mol. The molecule has 0 aliphatic carbocycles. The first-order valence-corrected chi connectivity index (χ1v) is 38.7. The average molecular weight is 1190 g/mol. The van der Waals surface area contributed by atoms with Crippen molar-refractivity contribution in [3.05, 3.63) is 12.2 Å². The second-order valence-corrected chi connectivity index (χ2v) is 27.0. The Hall–Kier alpha value is -1.25. The number of rotatable bonds is 72. The normalized spacial score (nSPS) is 12.9. The van der Waals surface area contributed by atoms with E-state index in [1.165, 1.54) is 347 Å². The minimum atomic E-state index is -4.39. The Morgan fingerprint density at radius 1 is 0.349 bits per heavy atom. The number of phosphoric ester groups is 1. The van der Waals surface area contributed by atoms with Crippen LogP contribution in [0.4, 0.5) is 0 Å². The molecule has 0 amide bonds. The van der Waals surface area contributed by atoms with Crippen molar-refractivity contribution in [2.75, 3.05) is 26.4 Å². The van der Waals surface area contributed by atoms with Crippen LogP contribution >= 0.6 is 7.82 Å². The Bertz CT molecular complexity index is 1360. The van der Waals surface area contributed by atoms with Crippen LogP contribution in [0.2, 0.25) is 0 Å². The molecular formula is C73H144NO8P. The van der Waals surface area contributed by atoms with Crippen LogP contribution in [0.25, 0.3) is 0 Å². The van der Waals surface area contributed by atoms with Gasteiger partial charge in [-0.25, -0.2) is 4.57 Å². The minimum absolute atomic E-state index is 0.0573. The Labute approximate surface area is 517 Å². The summed E-state index contributed by atoms with van der Waals surface area (Å²) in [6.07, 6.45) is 84.8. The molecule has 0 aromatic heterocycles. The molecule has 10 heteroatoms. The Morgan fingerprint density at radius 3 is 0.855 bits per heavy atom. The summed E-state index contributed by atoms with van der Waals surface area (Å²) < 4.78 is 33.2. The predicted molar refractivity (Wildman–Crippen MR) is 358 cm³/mol. The van der Waals surface area contributed by atoms with E-state index in [9.17, 15) is 19.0 Å². The van der Waals surface area contributed by atoms with Gasteiger partial charge in [-0.15, -0.1) is 0 Å². The SMILES string of the molecule is CCCCCCCCCC/C=C\CCCCCCCCCCCCCCCC(=O)OC(COC(=O)CCCCCCCCCCCCCCCCCCCCCCCCCCCCCCCCCCCCCCC)COP(=O)(O)OCCN. The lowest BCUT2D eigenvalue weighted by Gasteiger charge is -2.19. The fourth-order valence-corrected chi connectivity index (χ4v) is 12.4. The number of esters is 2. The molecule has 0 aromatic carbocycles. The summed E-state index contributed by atoms with van der Waals surface area (Å²) >= 11 is 0. The van der Waals surface area contributed by atoms with Gasteiger partial charge in [0.15, 0.2) is 6.10 Å². The lowest BCUT2D eigenvalue weighted by atomic mass is 10.0. The van der Waals surface area contributed by atoms with Gasteiger partial charge in [-0.1, -0.05) is 373 Å². The van der Waals surface area contributed by atoms with Crippen molar-refractivity contribution in [3.63, 3.8) is 0 Å². The van der Waals surface area contributed by atoms with E-state index in [0.29, 0.717) is 6.42 Å². The molecule has 0 saturated heterocycles. The molecule has 0 fully saturated rings. The number of hydrogen-bond acceptors (Lipinski definition) is 8. The van der Waals surface area contributed by atoms with Crippen molar-refractivity contribution >= 4 is 19.8 Å². The third kappa shape index (κ3) is 69.7. The monoisotopic (exact) mass is 1190 g/mol. The molecule has 0 spiro atoms. The van der Waals surface area contributed by atoms with Crippen molar-refractivity contribution in [1.29, 1.82) is 0 Å². The second kappa shape index (κ2) is 69.8. The summed E-state index contributed by atoms with van der Waals surface area (Å²) in [6, 6.07) is 0. The highest BCUT2D eigenvalue weighted by Gasteiger charge is 2.26. The first kappa shape index (κ1) is 81.8. The molecule has 0 saturated carbocycles. The molecule has 9 nitrogen and oxygen atoms in total. The van der Waals surface area contributed by atoms with E-state index in [1.54, 1.807) is 0 Å². The largest absolute Gasteiger partial charge is 0.472 e. The van der Waals surface area contributed by atoms with Crippen LogP contribution in [0.5, 0.6) is 0 Å². The number of hydrogen-bond donors (Lipinski definition) is 2. The third-order valence-corrected chi connectivity index (χ3v) is 18.1. The number of unbranched alkanes of at least 4 members (excludes halogenated alkanes) is 57. The van der Waals surface area contributed by atoms with E-state index in [4.69, 9.17) is 24.3 Å². The molecule has 0 radical (unpaired) electrons. The minimum Gasteiger partial charge on any atom is -0.462 e. The highest BCUT2D eigenvalue weighted by Crippen LogP contribution is 2.43. The number of allylic oxidation sites excluding steroid dienone is 2. The second-order valence-electron chi connectivity index (χ2n) is 25.5. The lowest BCUT2D eigenvalue weighted by Crippen LogP contribution is -2.29. The van der Waals surface area contributed by atoms with Crippen molar-refractivity contribution in [2.24, 2.45) is 5.73 Å². The van der Waals surface area contributed by atoms with Gasteiger partial charge in [0.05, 0.1) is 13.2 Å². The first-order valence-electron chi connectivity index (χ1n) is 37.2. The van der Waals surface area contributed by atoms with Gasteiger partial charge in [-0.05, 0) is 38.5 Å². The van der Waals surface area contributed by atoms with E-state index in [1.807, 2.05) is 0 Å². The van der Waals surface area contributed by atoms with Gasteiger partial charge in [0.2, 0.25) is 0 Å². The molecule has 494 valence electrons. The van der Waals surface area contributed by atoms with E-state index in [2.05, 4.69) is 26.0 Å². The molecule has 2 atom stereocenters. The number of carbonyl (C=O) groups is 2. The summed E-state index contributed by atoms with van der Waals surface area (Å²) in [5, 5.41) is 0. The number of ether oxygens (including phenoxy) is 2. The van der Waals surface area contributed by atoms with E-state index < -0.39 is 26.5 Å². The summed E-state index contributed by atoms with van der Waals surface area (Å²) in [7, 11) is -4.39. The van der Waals surface area contributed by atoms with Gasteiger partial charge in [-0.3, -0.25) is 18.6 Å². The third-order valence-electron chi connectivity index (χ3n) is 17.2. The van der Waals surface area contributed by atoms with Crippen LogP contribution < -0.4 is 5.73 Å². The molecule has 3 N–H and O–H groups in total. The van der Waals surface area contributed by atoms with E-state index in [-0.39, 0.29) is 38.6 Å². The van der Waals surface area contributed by atoms with Crippen molar-refractivity contribution in [2.45, 2.75) is 418 Å². The van der Waals surface area contributed by atoms with Crippen LogP contribution in [0, 0.1) is 0 Å². The van der Waals surface area contributed by atoms with Gasteiger partial charge in [0.25, 0.3) is 0 Å². The van der Waals surface area contributed by atoms with Gasteiger partial charge >= 0.3 is 19.8 Å². The number of carbonyl (C=O) groups excluding carboxylic acids is 2. The fourth-order valence-electron chi connectivity index (χ4n) is 11.6. The summed E-state index contributed by atoms with van der Waals surface area (Å²) in [5.74, 6) is -0.801. The van der Waals surface area contributed by atoms with Gasteiger partial charge < -0.3 is 20.1 Å². The smallest absolute Gasteiger partial charge is 0.462 e. The van der Waals surface area contributed by atoms with Crippen LogP contribution in [0.1, 0.15) is 412 Å². The highest BCUT2D eigenvalue weighted by molar-refractivity contribution is 7.47. The molecule has 0 aliphatic heterocycles. The summed E-state index contributed by atoms with van der Waals surface area (Å²) in [5.41, 5.74) is 5.41. The lowest BCUT2D eigenvalue weighted by molar-refractivity contribution is -0.161. The maximum Gasteiger partial charge on any atom is 0.472 e. The van der Waals surface area contributed by atoms with Crippen LogP contribution in [-0.4, -0.2) is 49.3 Å². The maximum atomic E-state index is 12.8. The van der Waals surface area contributed by atoms with E-state index in [0.717, 1.165) is 32.1 Å². The molecule has 0 rings (SSSR count). The quantitative estimate of drug-likeness (QED) is 0.0264. The topological polar surface area (TPSA) is 134 Å². The van der Waals surface area contributed by atoms with Crippen LogP contribution in [0.15, 0.2) is 12.2 Å². The average Bonchev–Trinajstić information content (AvgIpc) is 3.49. The zero-order valence-electron chi connectivity index (χ0n) is 55.7. The summed E-state index contributed by atoms with van der Waals surface area (Å²) in [4.78, 5) is 35.4. The molecule has 0 aromatic rings. The molecule has 0 heterocycles. The maximum absolute atomic E-state index is 12.8. The van der Waals surface area contributed by atoms with Crippen molar-refractivity contribution < 1.29 is 37.6 Å². The molecule has 2 unspecified atom stereocenters. The zero-order valence-corrected chi connectivity index (χ0v) is 56.6. The van der Waals surface area contributed by atoms with Gasteiger partial charge in [0, 0.05) is 19.4 Å². The standard InChI is InChI=1S/C73H144NO8P/c1-3-5-7-9-11-13-15-17-19-21-23-25-27-29-30-31-32-33-34-35-36-37-38-39-40-42-43-45-47-49-51-53-55-57-59-61-63-65-72(75)79-69-71(70-81-83(77,78)80-68-67-74)82-73(76)66-64-62-60-58-56-54-52-50-48-46-44-41-28-26-24-22-20-18-16-14-12-10-8-6-4-2/h22,24,71H,3-21,23,25-70,74H2,1-2H3,(H,77,78)/b24-22-. The molecule has 83 heavy (non-hydrogen) atoms. The zero-order chi connectivity index (χ0) is 60.1. The Kier molecular flexibility index (Phi) is 68.8. The van der Waals surface area contributed by atoms with Crippen molar-refractivity contribution in [3.8, 4) is 0 Å². The number of phosphoric acid groups is 1. The molecule has 0 aliphatic rings. The van der Waals surface area contributed by atoms with Gasteiger partial charge in [-0.2, -0.15) is 0 Å². The highest BCUT2D eigenvalue weighted by atomic mass is 31.2.